The van der Waals surface area contributed by atoms with Crippen molar-refractivity contribution in [1.82, 2.24) is 0 Å². The summed E-state index contributed by atoms with van der Waals surface area (Å²) in [6.07, 6.45) is -2.02. The van der Waals surface area contributed by atoms with Gasteiger partial charge in [0.05, 0.1) is 5.57 Å². The zero-order valence-corrected chi connectivity index (χ0v) is 4.94. The third-order valence-electron chi connectivity index (χ3n) is 0.839. The van der Waals surface area contributed by atoms with E-state index in [-0.39, 0.29) is 0 Å². The topological polar surface area (TPSA) is 94.8 Å². The van der Waals surface area contributed by atoms with Gasteiger partial charge in [0.1, 0.15) is 0 Å². The second kappa shape index (κ2) is 2.98. The minimum atomic E-state index is -2.02. The molecule has 0 aliphatic rings. The van der Waals surface area contributed by atoms with Gasteiger partial charge in [-0.15, -0.1) is 0 Å². The van der Waals surface area contributed by atoms with E-state index in [0.717, 1.165) is 0 Å². The van der Waals surface area contributed by atoms with Gasteiger partial charge in [-0.1, -0.05) is 6.58 Å². The second-order valence-corrected chi connectivity index (χ2v) is 1.57. The Morgan fingerprint density at radius 1 is 1.30 bits per heavy atom. The number of carbonyl (C=O) groups is 2. The molecule has 0 fully saturated rings. The van der Waals surface area contributed by atoms with Crippen LogP contribution in [0.2, 0.25) is 0 Å². The van der Waals surface area contributed by atoms with E-state index >= 15 is 0 Å². The zero-order chi connectivity index (χ0) is 8.31. The van der Waals surface area contributed by atoms with Crippen molar-refractivity contribution < 1.29 is 24.9 Å². The Kier molecular flexibility index (Phi) is 2.57. The van der Waals surface area contributed by atoms with Gasteiger partial charge >= 0.3 is 11.9 Å². The average molecular weight is 146 g/mol. The summed E-state index contributed by atoms with van der Waals surface area (Å²) in [6, 6.07) is 0. The average Bonchev–Trinajstić information content (AvgIpc) is 1.84. The molecular formula is C5H6O5. The maximum atomic E-state index is 9.92. The summed E-state index contributed by atoms with van der Waals surface area (Å²) in [6.45, 7) is 2.84. The van der Waals surface area contributed by atoms with Crippen LogP contribution in [0.5, 0.6) is 0 Å². The Balaban J connectivity index is 4.22. The second-order valence-electron chi connectivity index (χ2n) is 1.57. The van der Waals surface area contributed by atoms with Gasteiger partial charge in [-0.05, 0) is 0 Å². The zero-order valence-electron chi connectivity index (χ0n) is 4.94. The van der Waals surface area contributed by atoms with Crippen LogP contribution in [-0.4, -0.2) is 33.4 Å². The minimum absolute atomic E-state index is 0.743. The molecule has 10 heavy (non-hydrogen) atoms. The number of carboxylic acids is 2. The number of aliphatic carboxylic acids is 2. The molecule has 0 amide bonds. The quantitative estimate of drug-likeness (QED) is 0.447. The van der Waals surface area contributed by atoms with Crippen molar-refractivity contribution in [1.29, 1.82) is 0 Å². The molecular weight excluding hydrogens is 140 g/mol. The van der Waals surface area contributed by atoms with E-state index in [9.17, 15) is 9.59 Å². The molecule has 56 valence electrons. The number of aliphatic hydroxyl groups is 1. The van der Waals surface area contributed by atoms with E-state index in [0.29, 0.717) is 0 Å². The van der Waals surface area contributed by atoms with Crippen LogP contribution < -0.4 is 0 Å². The highest BCUT2D eigenvalue weighted by molar-refractivity contribution is 5.94. The summed E-state index contributed by atoms with van der Waals surface area (Å²) in [5.41, 5.74) is -0.743. The van der Waals surface area contributed by atoms with Crippen molar-refractivity contribution in [2.45, 2.75) is 6.10 Å². The van der Waals surface area contributed by atoms with Crippen molar-refractivity contribution in [3.8, 4) is 0 Å². The van der Waals surface area contributed by atoms with Gasteiger partial charge in [-0.3, -0.25) is 0 Å². The summed E-state index contributed by atoms with van der Waals surface area (Å²) < 4.78 is 0. The lowest BCUT2D eigenvalue weighted by molar-refractivity contribution is -0.147. The fourth-order valence-corrected chi connectivity index (χ4v) is 0.266. The standard InChI is InChI=1S/C5H6O5/c1-2(4(7)8)3(6)5(9)10/h3,6H,1H2,(H,7,8)(H,9,10)/t3-/m0/s1. The summed E-state index contributed by atoms with van der Waals surface area (Å²) in [7, 11) is 0. The molecule has 0 aliphatic heterocycles. The molecule has 0 unspecified atom stereocenters. The molecule has 0 aromatic rings. The van der Waals surface area contributed by atoms with E-state index < -0.39 is 23.6 Å². The summed E-state index contributed by atoms with van der Waals surface area (Å²) in [5, 5.41) is 24.6. The van der Waals surface area contributed by atoms with E-state index in [1.54, 1.807) is 0 Å². The molecule has 0 aromatic heterocycles. The lowest BCUT2D eigenvalue weighted by Crippen LogP contribution is -2.25. The van der Waals surface area contributed by atoms with Gasteiger partial charge in [0.15, 0.2) is 6.10 Å². The molecule has 0 saturated carbocycles. The first-order chi connectivity index (χ1) is 4.46. The monoisotopic (exact) mass is 146 g/mol. The van der Waals surface area contributed by atoms with Crippen molar-refractivity contribution in [3.05, 3.63) is 12.2 Å². The van der Waals surface area contributed by atoms with Crippen molar-refractivity contribution in [2.75, 3.05) is 0 Å². The predicted molar refractivity (Wildman–Crippen MR) is 30.4 cm³/mol. The maximum absolute atomic E-state index is 9.92. The third kappa shape index (κ3) is 1.87. The molecule has 0 aromatic carbocycles. The van der Waals surface area contributed by atoms with Crippen LogP contribution in [0.3, 0.4) is 0 Å². The van der Waals surface area contributed by atoms with Gasteiger partial charge < -0.3 is 15.3 Å². The summed E-state index contributed by atoms with van der Waals surface area (Å²) in [5.74, 6) is -3.14. The summed E-state index contributed by atoms with van der Waals surface area (Å²) >= 11 is 0. The molecule has 0 spiro atoms. The molecule has 0 bridgehead atoms. The van der Waals surface area contributed by atoms with Crippen LogP contribution in [0, 0.1) is 0 Å². The van der Waals surface area contributed by atoms with Gasteiger partial charge in [0, 0.05) is 0 Å². The fourth-order valence-electron chi connectivity index (χ4n) is 0.266. The third-order valence-corrected chi connectivity index (χ3v) is 0.839. The first-order valence-corrected chi connectivity index (χ1v) is 2.29. The van der Waals surface area contributed by atoms with Crippen molar-refractivity contribution in [3.63, 3.8) is 0 Å². The van der Waals surface area contributed by atoms with Crippen LogP contribution in [0.1, 0.15) is 0 Å². The van der Waals surface area contributed by atoms with E-state index in [4.69, 9.17) is 15.3 Å². The van der Waals surface area contributed by atoms with Crippen LogP contribution in [0.4, 0.5) is 0 Å². The molecule has 0 saturated heterocycles. The van der Waals surface area contributed by atoms with Gasteiger partial charge in [0.2, 0.25) is 0 Å². The lowest BCUT2D eigenvalue weighted by atomic mass is 10.2. The Morgan fingerprint density at radius 3 is 1.80 bits per heavy atom. The SMILES string of the molecule is C=C(C(=O)O)[C@H](O)C(=O)O. The van der Waals surface area contributed by atoms with Crippen LogP contribution in [0.15, 0.2) is 12.2 Å². The van der Waals surface area contributed by atoms with Crippen molar-refractivity contribution in [2.24, 2.45) is 0 Å². The Bertz CT molecular complexity index is 182. The van der Waals surface area contributed by atoms with E-state index in [1.165, 1.54) is 0 Å². The molecule has 5 heteroatoms. The molecule has 0 aliphatic carbocycles. The molecule has 5 nitrogen and oxygen atoms in total. The van der Waals surface area contributed by atoms with Crippen LogP contribution in [0.25, 0.3) is 0 Å². The normalized spacial score (nSPS) is 12.1. The largest absolute Gasteiger partial charge is 0.479 e. The van der Waals surface area contributed by atoms with E-state index in [1.807, 2.05) is 0 Å². The first kappa shape index (κ1) is 8.64. The highest BCUT2D eigenvalue weighted by Crippen LogP contribution is 1.98. The number of hydrogen-bond donors (Lipinski definition) is 3. The number of aliphatic hydroxyl groups excluding tert-OH is 1. The first-order valence-electron chi connectivity index (χ1n) is 2.29. The smallest absolute Gasteiger partial charge is 0.337 e. The maximum Gasteiger partial charge on any atom is 0.337 e. The Labute approximate surface area is 56.2 Å². The molecule has 3 N–H and O–H groups in total. The highest BCUT2D eigenvalue weighted by atomic mass is 16.4. The minimum Gasteiger partial charge on any atom is -0.479 e. The fraction of sp³-hybridized carbons (Fsp3) is 0.200. The molecule has 0 heterocycles. The molecule has 0 radical (unpaired) electrons. The Hall–Kier alpha value is -1.36. The number of hydrogen-bond acceptors (Lipinski definition) is 3. The van der Waals surface area contributed by atoms with Gasteiger partial charge in [-0.2, -0.15) is 0 Å². The number of carboxylic acid groups (broad SMARTS) is 2. The van der Waals surface area contributed by atoms with Crippen LogP contribution in [-0.2, 0) is 9.59 Å². The van der Waals surface area contributed by atoms with Gasteiger partial charge in [0.25, 0.3) is 0 Å². The van der Waals surface area contributed by atoms with Crippen LogP contribution >= 0.6 is 0 Å². The lowest BCUT2D eigenvalue weighted by Gasteiger charge is -2.02. The van der Waals surface area contributed by atoms with E-state index in [2.05, 4.69) is 6.58 Å². The molecule has 1 atom stereocenters. The number of rotatable bonds is 3. The van der Waals surface area contributed by atoms with Crippen molar-refractivity contribution >= 4 is 11.9 Å². The highest BCUT2D eigenvalue weighted by Gasteiger charge is 2.21. The molecule has 0 rings (SSSR count). The Morgan fingerprint density at radius 2 is 1.70 bits per heavy atom. The summed E-state index contributed by atoms with van der Waals surface area (Å²) in [4.78, 5) is 19.8. The van der Waals surface area contributed by atoms with Gasteiger partial charge in [-0.25, -0.2) is 9.59 Å². The predicted octanol–water partition coefficient (Wildman–Crippen LogP) is -0.927.